The second-order valence-corrected chi connectivity index (χ2v) is 5.06. The molecular weight excluding hydrogens is 274 g/mol. The minimum absolute atomic E-state index is 0.0262. The number of halogens is 2. The first-order valence-electron chi connectivity index (χ1n) is 6.84. The second kappa shape index (κ2) is 5.79. The van der Waals surface area contributed by atoms with Crippen molar-refractivity contribution in [2.75, 3.05) is 6.61 Å². The minimum Gasteiger partial charge on any atom is -0.493 e. The Morgan fingerprint density at radius 2 is 1.81 bits per heavy atom. The highest BCUT2D eigenvalue weighted by molar-refractivity contribution is 5.40. The van der Waals surface area contributed by atoms with E-state index in [2.05, 4.69) is 5.43 Å². The second-order valence-electron chi connectivity index (χ2n) is 5.06. The van der Waals surface area contributed by atoms with Gasteiger partial charge in [0.1, 0.15) is 17.4 Å². The van der Waals surface area contributed by atoms with Crippen molar-refractivity contribution in [3.05, 3.63) is 65.2 Å². The molecule has 0 spiro atoms. The molecule has 3 N–H and O–H groups in total. The first-order valence-corrected chi connectivity index (χ1v) is 6.84. The number of hydrogen-bond donors (Lipinski definition) is 2. The molecule has 1 aliphatic rings. The molecule has 0 fully saturated rings. The predicted octanol–water partition coefficient (Wildman–Crippen LogP) is 3.04. The molecule has 0 bridgehead atoms. The first kappa shape index (κ1) is 14.0. The molecule has 0 amide bonds. The smallest absolute Gasteiger partial charge is 0.130 e. The largest absolute Gasteiger partial charge is 0.493 e. The number of nitrogens with one attached hydrogen (secondary N) is 1. The van der Waals surface area contributed by atoms with Gasteiger partial charge in [-0.3, -0.25) is 11.3 Å². The lowest BCUT2D eigenvalue weighted by Crippen LogP contribution is -2.35. The maximum atomic E-state index is 14.1. The summed E-state index contributed by atoms with van der Waals surface area (Å²) in [5.74, 6) is 5.01. The number of para-hydroxylation sites is 1. The van der Waals surface area contributed by atoms with Crippen LogP contribution >= 0.6 is 0 Å². The van der Waals surface area contributed by atoms with Gasteiger partial charge in [-0.15, -0.1) is 0 Å². The van der Waals surface area contributed by atoms with Gasteiger partial charge in [-0.05, 0) is 30.2 Å². The van der Waals surface area contributed by atoms with Crippen LogP contribution in [0.2, 0.25) is 0 Å². The maximum Gasteiger partial charge on any atom is 0.130 e. The molecule has 0 aromatic heterocycles. The van der Waals surface area contributed by atoms with E-state index in [1.807, 2.05) is 24.3 Å². The molecule has 0 saturated carbocycles. The number of hydrogen-bond acceptors (Lipinski definition) is 3. The van der Waals surface area contributed by atoms with E-state index in [1.54, 1.807) is 0 Å². The summed E-state index contributed by atoms with van der Waals surface area (Å²) in [6.07, 6.45) is 0.639. The number of rotatable bonds is 3. The predicted molar refractivity (Wildman–Crippen MR) is 75.7 cm³/mol. The van der Waals surface area contributed by atoms with E-state index < -0.39 is 17.7 Å². The Bertz CT molecular complexity index is 628. The van der Waals surface area contributed by atoms with Crippen molar-refractivity contribution in [1.82, 2.24) is 5.43 Å². The third kappa shape index (κ3) is 2.50. The normalized spacial score (nSPS) is 18.7. The zero-order chi connectivity index (χ0) is 14.8. The first-order chi connectivity index (χ1) is 10.2. The third-order valence-electron chi connectivity index (χ3n) is 3.90. The molecule has 2 atom stereocenters. The highest BCUT2D eigenvalue weighted by Gasteiger charge is 2.32. The Kier molecular flexibility index (Phi) is 3.86. The van der Waals surface area contributed by atoms with E-state index in [0.717, 1.165) is 11.3 Å². The molecule has 0 radical (unpaired) electrons. The van der Waals surface area contributed by atoms with Gasteiger partial charge < -0.3 is 4.74 Å². The molecule has 2 unspecified atom stereocenters. The van der Waals surface area contributed by atoms with Gasteiger partial charge in [-0.1, -0.05) is 24.3 Å². The zero-order valence-electron chi connectivity index (χ0n) is 11.4. The van der Waals surface area contributed by atoms with E-state index in [4.69, 9.17) is 10.6 Å². The van der Waals surface area contributed by atoms with Crippen LogP contribution in [0.1, 0.15) is 29.5 Å². The molecule has 21 heavy (non-hydrogen) atoms. The van der Waals surface area contributed by atoms with Crippen molar-refractivity contribution >= 4 is 0 Å². The molecule has 2 aromatic carbocycles. The number of nitrogens with two attached hydrogens (primary N) is 1. The summed E-state index contributed by atoms with van der Waals surface area (Å²) in [5, 5.41) is 0. The lowest BCUT2D eigenvalue weighted by molar-refractivity contribution is 0.243. The van der Waals surface area contributed by atoms with Gasteiger partial charge in [0.2, 0.25) is 0 Å². The van der Waals surface area contributed by atoms with Crippen LogP contribution in [0.3, 0.4) is 0 Å². The number of hydrazine groups is 1. The van der Waals surface area contributed by atoms with Gasteiger partial charge in [-0.25, -0.2) is 8.78 Å². The average Bonchev–Trinajstić information content (AvgIpc) is 2.51. The van der Waals surface area contributed by atoms with Crippen LogP contribution in [-0.2, 0) is 0 Å². The maximum absolute atomic E-state index is 14.1. The van der Waals surface area contributed by atoms with Gasteiger partial charge in [0.15, 0.2) is 0 Å². The Labute approximate surface area is 121 Å². The van der Waals surface area contributed by atoms with E-state index in [1.165, 1.54) is 18.2 Å². The monoisotopic (exact) mass is 290 g/mol. The lowest BCUT2D eigenvalue weighted by Gasteiger charge is -2.32. The Balaban J connectivity index is 2.06. The fraction of sp³-hybridized carbons (Fsp3) is 0.250. The molecular formula is C16H16F2N2O. The molecule has 3 rings (SSSR count). The van der Waals surface area contributed by atoms with Crippen LogP contribution in [0.5, 0.6) is 5.75 Å². The summed E-state index contributed by atoms with van der Waals surface area (Å²) in [4.78, 5) is 0. The Morgan fingerprint density at radius 1 is 1.10 bits per heavy atom. The fourth-order valence-electron chi connectivity index (χ4n) is 2.92. The van der Waals surface area contributed by atoms with Crippen LogP contribution in [0.4, 0.5) is 8.78 Å². The standard InChI is InChI=1S/C16H16F2N2O/c17-12-5-3-6-13(18)15(12)16(20-19)11-8-9-21-14-7-2-1-4-10(11)14/h1-7,11,16,20H,8-9,19H2. The number of benzene rings is 2. The van der Waals surface area contributed by atoms with Crippen LogP contribution in [0.25, 0.3) is 0 Å². The highest BCUT2D eigenvalue weighted by atomic mass is 19.1. The van der Waals surface area contributed by atoms with Crippen LogP contribution in [-0.4, -0.2) is 6.61 Å². The van der Waals surface area contributed by atoms with Crippen molar-refractivity contribution in [2.24, 2.45) is 5.84 Å². The van der Waals surface area contributed by atoms with Gasteiger partial charge >= 0.3 is 0 Å². The van der Waals surface area contributed by atoms with Crippen LogP contribution < -0.4 is 16.0 Å². The van der Waals surface area contributed by atoms with Gasteiger partial charge in [-0.2, -0.15) is 0 Å². The van der Waals surface area contributed by atoms with E-state index in [-0.39, 0.29) is 11.5 Å². The van der Waals surface area contributed by atoms with Crippen LogP contribution in [0.15, 0.2) is 42.5 Å². The molecule has 3 nitrogen and oxygen atoms in total. The average molecular weight is 290 g/mol. The molecule has 5 heteroatoms. The zero-order valence-corrected chi connectivity index (χ0v) is 11.4. The number of fused-ring (bicyclic) bond motifs is 1. The topological polar surface area (TPSA) is 47.3 Å². The number of ether oxygens (including phenoxy) is 1. The Hall–Kier alpha value is -1.98. The van der Waals surface area contributed by atoms with Gasteiger partial charge in [0.25, 0.3) is 0 Å². The van der Waals surface area contributed by atoms with E-state index >= 15 is 0 Å². The van der Waals surface area contributed by atoms with Crippen molar-refractivity contribution in [1.29, 1.82) is 0 Å². The molecule has 0 saturated heterocycles. The van der Waals surface area contributed by atoms with Crippen molar-refractivity contribution in [3.8, 4) is 5.75 Å². The van der Waals surface area contributed by atoms with Crippen molar-refractivity contribution < 1.29 is 13.5 Å². The molecule has 110 valence electrons. The SMILES string of the molecule is NNC(c1c(F)cccc1F)C1CCOc2ccccc21. The van der Waals surface area contributed by atoms with Gasteiger partial charge in [0, 0.05) is 11.5 Å². The van der Waals surface area contributed by atoms with E-state index in [9.17, 15) is 8.78 Å². The minimum atomic E-state index is -0.642. The quantitative estimate of drug-likeness (QED) is 0.674. The van der Waals surface area contributed by atoms with Crippen molar-refractivity contribution in [2.45, 2.75) is 18.4 Å². The summed E-state index contributed by atoms with van der Waals surface area (Å²) in [6, 6.07) is 10.7. The third-order valence-corrected chi connectivity index (χ3v) is 3.90. The van der Waals surface area contributed by atoms with Crippen molar-refractivity contribution in [3.63, 3.8) is 0 Å². The summed E-state index contributed by atoms with van der Waals surface area (Å²) in [6.45, 7) is 0.496. The molecule has 1 heterocycles. The summed E-state index contributed by atoms with van der Waals surface area (Å²) < 4.78 is 33.7. The molecule has 0 aliphatic carbocycles. The van der Waals surface area contributed by atoms with E-state index in [0.29, 0.717) is 13.0 Å². The summed E-state index contributed by atoms with van der Waals surface area (Å²) in [7, 11) is 0. The summed E-state index contributed by atoms with van der Waals surface area (Å²) >= 11 is 0. The summed E-state index contributed by atoms with van der Waals surface area (Å²) in [5.41, 5.74) is 3.46. The van der Waals surface area contributed by atoms with Crippen LogP contribution in [0, 0.1) is 11.6 Å². The lowest BCUT2D eigenvalue weighted by atomic mass is 9.83. The van der Waals surface area contributed by atoms with Gasteiger partial charge in [0.05, 0.1) is 12.6 Å². The highest BCUT2D eigenvalue weighted by Crippen LogP contribution is 2.42. The Morgan fingerprint density at radius 3 is 2.52 bits per heavy atom. The fourth-order valence-corrected chi connectivity index (χ4v) is 2.92. The molecule has 1 aliphatic heterocycles. The molecule has 2 aromatic rings.